The third kappa shape index (κ3) is 1.45. The first-order chi connectivity index (χ1) is 9.34. The van der Waals surface area contributed by atoms with Gasteiger partial charge < -0.3 is 0 Å². The van der Waals surface area contributed by atoms with Crippen LogP contribution in [0.2, 0.25) is 0 Å². The van der Waals surface area contributed by atoms with Crippen molar-refractivity contribution in [1.29, 1.82) is 0 Å². The second kappa shape index (κ2) is 3.79. The molecule has 0 atom stereocenters. The number of fused-ring (bicyclic) bond motifs is 6. The maximum absolute atomic E-state index is 4.59. The highest BCUT2D eigenvalue weighted by Gasteiger charge is 2.08. The van der Waals surface area contributed by atoms with Gasteiger partial charge >= 0.3 is 0 Å². The molecule has 4 rings (SSSR count). The van der Waals surface area contributed by atoms with Crippen molar-refractivity contribution in [1.82, 2.24) is 4.98 Å². The molecule has 0 saturated heterocycles. The van der Waals surface area contributed by atoms with E-state index in [2.05, 4.69) is 60.4 Å². The number of nitrogens with zero attached hydrogens (tertiary/aromatic N) is 1. The van der Waals surface area contributed by atoms with Crippen molar-refractivity contribution in [2.24, 2.45) is 0 Å². The molecule has 0 unspecified atom stereocenters. The minimum atomic E-state index is 1.09. The molecule has 0 aliphatic heterocycles. The minimum absolute atomic E-state index is 1.09. The van der Waals surface area contributed by atoms with Crippen molar-refractivity contribution >= 4 is 32.4 Å². The fraction of sp³-hybridized carbons (Fsp3) is 0.0556. The van der Waals surface area contributed by atoms with Gasteiger partial charge in [0.2, 0.25) is 0 Å². The molecule has 1 aromatic heterocycles. The van der Waals surface area contributed by atoms with Gasteiger partial charge in [-0.15, -0.1) is 0 Å². The van der Waals surface area contributed by atoms with Crippen LogP contribution in [0.4, 0.5) is 0 Å². The Hall–Kier alpha value is -2.41. The molecule has 0 N–H and O–H groups in total. The lowest BCUT2D eigenvalue weighted by Gasteiger charge is -2.09. The fourth-order valence-electron chi connectivity index (χ4n) is 2.88. The largest absolute Gasteiger partial charge is 0.256 e. The average Bonchev–Trinajstić information content (AvgIpc) is 2.47. The molecule has 0 aliphatic rings. The summed E-state index contributed by atoms with van der Waals surface area (Å²) in [6.45, 7) is 2.14. The molecule has 4 aromatic rings. The first-order valence-corrected chi connectivity index (χ1v) is 6.50. The maximum atomic E-state index is 4.59. The Morgan fingerprint density at radius 2 is 1.37 bits per heavy atom. The third-order valence-electron chi connectivity index (χ3n) is 3.75. The quantitative estimate of drug-likeness (QED) is 0.402. The van der Waals surface area contributed by atoms with E-state index in [9.17, 15) is 0 Å². The van der Waals surface area contributed by atoms with Crippen LogP contribution < -0.4 is 0 Å². The zero-order valence-corrected chi connectivity index (χ0v) is 10.7. The number of benzene rings is 3. The molecule has 1 nitrogen and oxygen atoms in total. The van der Waals surface area contributed by atoms with Gasteiger partial charge in [-0.25, -0.2) is 0 Å². The Kier molecular flexibility index (Phi) is 2.10. The van der Waals surface area contributed by atoms with E-state index in [1.165, 1.54) is 32.5 Å². The molecule has 0 bridgehead atoms. The molecule has 1 heteroatoms. The zero-order valence-electron chi connectivity index (χ0n) is 10.7. The van der Waals surface area contributed by atoms with Crippen LogP contribution in [0.3, 0.4) is 0 Å². The first kappa shape index (κ1) is 10.5. The van der Waals surface area contributed by atoms with Crippen LogP contribution in [0.25, 0.3) is 32.4 Å². The molecule has 0 radical (unpaired) electrons. The van der Waals surface area contributed by atoms with Crippen LogP contribution in [-0.2, 0) is 0 Å². The number of pyridine rings is 1. The molecule has 0 aliphatic carbocycles. The van der Waals surface area contributed by atoms with Gasteiger partial charge in [0.1, 0.15) is 0 Å². The fourth-order valence-corrected chi connectivity index (χ4v) is 2.88. The monoisotopic (exact) mass is 243 g/mol. The second-order valence-corrected chi connectivity index (χ2v) is 4.99. The van der Waals surface area contributed by atoms with E-state index in [-0.39, 0.29) is 0 Å². The Labute approximate surface area is 111 Å². The summed E-state index contributed by atoms with van der Waals surface area (Å²) >= 11 is 0. The highest BCUT2D eigenvalue weighted by molar-refractivity contribution is 6.24. The summed E-state index contributed by atoms with van der Waals surface area (Å²) in [5.41, 5.74) is 2.38. The van der Waals surface area contributed by atoms with Gasteiger partial charge in [0.05, 0.1) is 5.52 Å². The van der Waals surface area contributed by atoms with E-state index in [1.54, 1.807) is 0 Å². The summed E-state index contributed by atoms with van der Waals surface area (Å²) in [6, 6.07) is 19.3. The lowest BCUT2D eigenvalue weighted by Crippen LogP contribution is -1.86. The van der Waals surface area contributed by atoms with Crippen molar-refractivity contribution in [3.63, 3.8) is 0 Å². The lowest BCUT2D eigenvalue weighted by atomic mass is 9.96. The molecule has 1 heterocycles. The van der Waals surface area contributed by atoms with Gasteiger partial charge in [-0.3, -0.25) is 4.98 Å². The molecule has 0 fully saturated rings. The molecule has 0 spiro atoms. The Balaban J connectivity index is 2.43. The van der Waals surface area contributed by atoms with E-state index < -0.39 is 0 Å². The summed E-state index contributed by atoms with van der Waals surface area (Å²) in [4.78, 5) is 4.59. The van der Waals surface area contributed by atoms with Crippen molar-refractivity contribution in [2.45, 2.75) is 6.92 Å². The molecule has 0 amide bonds. The Morgan fingerprint density at radius 3 is 2.21 bits per heavy atom. The summed E-state index contributed by atoms with van der Waals surface area (Å²) in [6.07, 6.45) is 1.87. The number of rotatable bonds is 0. The predicted molar refractivity (Wildman–Crippen MR) is 81.5 cm³/mol. The molecule has 90 valence electrons. The molecular formula is C18H13N. The molecule has 19 heavy (non-hydrogen) atoms. The normalized spacial score (nSPS) is 11.4. The van der Waals surface area contributed by atoms with Crippen molar-refractivity contribution in [3.8, 4) is 0 Å². The number of aryl methyl sites for hydroxylation is 1. The Bertz CT molecular complexity index is 887. The summed E-state index contributed by atoms with van der Waals surface area (Å²) in [7, 11) is 0. The topological polar surface area (TPSA) is 12.9 Å². The van der Waals surface area contributed by atoms with Crippen LogP contribution in [0.15, 0.2) is 60.8 Å². The van der Waals surface area contributed by atoms with Crippen molar-refractivity contribution < 1.29 is 0 Å². The lowest BCUT2D eigenvalue weighted by molar-refractivity contribution is 1.43. The van der Waals surface area contributed by atoms with Gasteiger partial charge in [0.15, 0.2) is 0 Å². The van der Waals surface area contributed by atoms with E-state index in [0.29, 0.717) is 0 Å². The number of hydrogen-bond acceptors (Lipinski definition) is 1. The van der Waals surface area contributed by atoms with E-state index in [1.807, 2.05) is 12.3 Å². The SMILES string of the molecule is Cc1ccc2c(c1)c1ccccc1c1cccnc12. The van der Waals surface area contributed by atoms with Gasteiger partial charge in [-0.05, 0) is 29.1 Å². The summed E-state index contributed by atoms with van der Waals surface area (Å²) in [5, 5.41) is 6.35. The third-order valence-corrected chi connectivity index (χ3v) is 3.75. The van der Waals surface area contributed by atoms with Gasteiger partial charge in [0.25, 0.3) is 0 Å². The Morgan fingerprint density at radius 1 is 0.684 bits per heavy atom. The summed E-state index contributed by atoms with van der Waals surface area (Å²) in [5.74, 6) is 0. The van der Waals surface area contributed by atoms with Crippen molar-refractivity contribution in [2.75, 3.05) is 0 Å². The van der Waals surface area contributed by atoms with E-state index in [4.69, 9.17) is 0 Å². The zero-order chi connectivity index (χ0) is 12.8. The van der Waals surface area contributed by atoms with Gasteiger partial charge in [-0.2, -0.15) is 0 Å². The standard InChI is InChI=1S/C18H13N/c1-12-8-9-16-17(11-12)14-6-3-2-5-13(14)15-7-4-10-19-18(15)16/h2-11H,1H3. The number of aromatic nitrogens is 1. The molecular weight excluding hydrogens is 230 g/mol. The predicted octanol–water partition coefficient (Wildman–Crippen LogP) is 4.85. The first-order valence-electron chi connectivity index (χ1n) is 6.50. The molecule has 0 saturated carbocycles. The van der Waals surface area contributed by atoms with Crippen LogP contribution in [-0.4, -0.2) is 4.98 Å². The van der Waals surface area contributed by atoms with Gasteiger partial charge in [0, 0.05) is 17.0 Å². The number of hydrogen-bond donors (Lipinski definition) is 0. The van der Waals surface area contributed by atoms with Crippen LogP contribution >= 0.6 is 0 Å². The van der Waals surface area contributed by atoms with E-state index >= 15 is 0 Å². The van der Waals surface area contributed by atoms with Crippen molar-refractivity contribution in [3.05, 3.63) is 66.4 Å². The molecule has 3 aromatic carbocycles. The average molecular weight is 243 g/mol. The van der Waals surface area contributed by atoms with Crippen LogP contribution in [0.5, 0.6) is 0 Å². The highest BCUT2D eigenvalue weighted by atomic mass is 14.6. The smallest absolute Gasteiger partial charge is 0.0786 e. The van der Waals surface area contributed by atoms with E-state index in [0.717, 1.165) is 5.52 Å². The van der Waals surface area contributed by atoms with Crippen LogP contribution in [0.1, 0.15) is 5.56 Å². The maximum Gasteiger partial charge on any atom is 0.0786 e. The van der Waals surface area contributed by atoms with Gasteiger partial charge in [-0.1, -0.05) is 54.1 Å². The second-order valence-electron chi connectivity index (χ2n) is 4.99. The van der Waals surface area contributed by atoms with Crippen LogP contribution in [0, 0.1) is 6.92 Å². The minimum Gasteiger partial charge on any atom is -0.256 e. The highest BCUT2D eigenvalue weighted by Crippen LogP contribution is 2.33. The summed E-state index contributed by atoms with van der Waals surface area (Å²) < 4.78 is 0.